The van der Waals surface area contributed by atoms with Crippen molar-refractivity contribution in [3.05, 3.63) is 42.9 Å². The number of hydrogen-bond acceptors (Lipinski definition) is 4. The SMILES string of the molecule is c1cc(-c2ccc(N3CCNCC3)nc2)ccn1. The lowest BCUT2D eigenvalue weighted by molar-refractivity contribution is 0.585. The summed E-state index contributed by atoms with van der Waals surface area (Å²) in [7, 11) is 0. The van der Waals surface area contributed by atoms with Crippen LogP contribution in [0, 0.1) is 0 Å². The van der Waals surface area contributed by atoms with Crippen LogP contribution in [0.3, 0.4) is 0 Å². The molecule has 0 saturated carbocycles. The molecular weight excluding hydrogens is 224 g/mol. The highest BCUT2D eigenvalue weighted by Crippen LogP contribution is 2.20. The number of rotatable bonds is 2. The molecule has 18 heavy (non-hydrogen) atoms. The number of nitrogens with one attached hydrogen (secondary N) is 1. The highest BCUT2D eigenvalue weighted by Gasteiger charge is 2.11. The molecule has 2 aromatic heterocycles. The normalized spacial score (nSPS) is 15.7. The Hall–Kier alpha value is -1.94. The van der Waals surface area contributed by atoms with Gasteiger partial charge in [-0.15, -0.1) is 0 Å². The fraction of sp³-hybridized carbons (Fsp3) is 0.286. The van der Waals surface area contributed by atoms with Crippen LogP contribution in [-0.4, -0.2) is 36.1 Å². The number of pyridine rings is 2. The predicted octanol–water partition coefficient (Wildman–Crippen LogP) is 1.55. The van der Waals surface area contributed by atoms with Gasteiger partial charge in [-0.2, -0.15) is 0 Å². The Kier molecular flexibility index (Phi) is 3.19. The van der Waals surface area contributed by atoms with Gasteiger partial charge < -0.3 is 10.2 Å². The maximum Gasteiger partial charge on any atom is 0.128 e. The Balaban J connectivity index is 1.80. The third-order valence-electron chi connectivity index (χ3n) is 3.20. The Morgan fingerprint density at radius 3 is 2.39 bits per heavy atom. The van der Waals surface area contributed by atoms with Gasteiger partial charge in [-0.25, -0.2) is 4.98 Å². The summed E-state index contributed by atoms with van der Waals surface area (Å²) in [6.45, 7) is 4.13. The van der Waals surface area contributed by atoms with Crippen molar-refractivity contribution < 1.29 is 0 Å². The van der Waals surface area contributed by atoms with Gasteiger partial charge in [0, 0.05) is 50.3 Å². The molecule has 0 radical (unpaired) electrons. The molecule has 1 fully saturated rings. The van der Waals surface area contributed by atoms with Gasteiger partial charge in [0.25, 0.3) is 0 Å². The molecule has 0 amide bonds. The molecule has 0 spiro atoms. The molecule has 92 valence electrons. The van der Waals surface area contributed by atoms with E-state index in [1.54, 1.807) is 12.4 Å². The van der Waals surface area contributed by atoms with Gasteiger partial charge in [0.1, 0.15) is 5.82 Å². The number of aromatic nitrogens is 2. The largest absolute Gasteiger partial charge is 0.354 e. The minimum absolute atomic E-state index is 1.03. The summed E-state index contributed by atoms with van der Waals surface area (Å²) < 4.78 is 0. The standard InChI is InChI=1S/C14H16N4/c1-2-14(18-9-7-16-8-10-18)17-11-13(1)12-3-5-15-6-4-12/h1-6,11,16H,7-10H2. The number of piperazine rings is 1. The first kappa shape index (κ1) is 11.2. The molecule has 2 aromatic rings. The average Bonchev–Trinajstić information content (AvgIpc) is 2.49. The van der Waals surface area contributed by atoms with Crippen molar-refractivity contribution >= 4 is 5.82 Å². The molecule has 0 aromatic carbocycles. The Morgan fingerprint density at radius 1 is 0.944 bits per heavy atom. The fourth-order valence-electron chi connectivity index (χ4n) is 2.18. The summed E-state index contributed by atoms with van der Waals surface area (Å²) >= 11 is 0. The van der Waals surface area contributed by atoms with Crippen LogP contribution in [0.15, 0.2) is 42.9 Å². The van der Waals surface area contributed by atoms with E-state index in [9.17, 15) is 0 Å². The smallest absolute Gasteiger partial charge is 0.128 e. The molecule has 1 saturated heterocycles. The summed E-state index contributed by atoms with van der Waals surface area (Å²) in [4.78, 5) is 10.9. The molecule has 3 rings (SSSR count). The van der Waals surface area contributed by atoms with Crippen LogP contribution in [0.1, 0.15) is 0 Å². The third kappa shape index (κ3) is 2.33. The van der Waals surface area contributed by atoms with Crippen LogP contribution in [-0.2, 0) is 0 Å². The average molecular weight is 240 g/mol. The number of hydrogen-bond donors (Lipinski definition) is 1. The van der Waals surface area contributed by atoms with Crippen LogP contribution in [0.5, 0.6) is 0 Å². The van der Waals surface area contributed by atoms with E-state index in [-0.39, 0.29) is 0 Å². The van der Waals surface area contributed by atoms with Crippen LogP contribution < -0.4 is 10.2 Å². The van der Waals surface area contributed by atoms with E-state index >= 15 is 0 Å². The second-order valence-corrected chi connectivity index (χ2v) is 4.38. The zero-order valence-corrected chi connectivity index (χ0v) is 10.2. The molecule has 0 atom stereocenters. The molecule has 1 N–H and O–H groups in total. The minimum Gasteiger partial charge on any atom is -0.354 e. The zero-order valence-electron chi connectivity index (χ0n) is 10.2. The molecule has 0 unspecified atom stereocenters. The Bertz CT molecular complexity index is 489. The van der Waals surface area contributed by atoms with E-state index in [0.29, 0.717) is 0 Å². The molecule has 0 aliphatic carbocycles. The molecule has 1 aliphatic rings. The van der Waals surface area contributed by atoms with Crippen molar-refractivity contribution in [2.24, 2.45) is 0 Å². The van der Waals surface area contributed by atoms with Gasteiger partial charge >= 0.3 is 0 Å². The van der Waals surface area contributed by atoms with Crippen molar-refractivity contribution in [3.63, 3.8) is 0 Å². The van der Waals surface area contributed by atoms with E-state index in [1.807, 2.05) is 18.3 Å². The summed E-state index contributed by atoms with van der Waals surface area (Å²) in [5, 5.41) is 3.35. The van der Waals surface area contributed by atoms with Gasteiger partial charge in [0.05, 0.1) is 0 Å². The van der Waals surface area contributed by atoms with Gasteiger partial charge in [-0.05, 0) is 29.8 Å². The number of nitrogens with zero attached hydrogens (tertiary/aromatic N) is 3. The van der Waals surface area contributed by atoms with Crippen molar-refractivity contribution in [1.29, 1.82) is 0 Å². The second kappa shape index (κ2) is 5.14. The van der Waals surface area contributed by atoms with E-state index in [4.69, 9.17) is 0 Å². The maximum absolute atomic E-state index is 4.56. The lowest BCUT2D eigenvalue weighted by Crippen LogP contribution is -2.43. The summed E-state index contributed by atoms with van der Waals surface area (Å²) in [6, 6.07) is 8.23. The van der Waals surface area contributed by atoms with Crippen molar-refractivity contribution in [2.75, 3.05) is 31.1 Å². The lowest BCUT2D eigenvalue weighted by Gasteiger charge is -2.28. The van der Waals surface area contributed by atoms with Gasteiger partial charge in [-0.3, -0.25) is 4.98 Å². The second-order valence-electron chi connectivity index (χ2n) is 4.38. The van der Waals surface area contributed by atoms with Crippen LogP contribution >= 0.6 is 0 Å². The van der Waals surface area contributed by atoms with E-state index in [1.165, 1.54) is 0 Å². The Morgan fingerprint density at radius 2 is 1.72 bits per heavy atom. The zero-order chi connectivity index (χ0) is 12.2. The van der Waals surface area contributed by atoms with Crippen LogP contribution in [0.25, 0.3) is 11.1 Å². The maximum atomic E-state index is 4.56. The third-order valence-corrected chi connectivity index (χ3v) is 3.20. The molecule has 4 heteroatoms. The topological polar surface area (TPSA) is 41.0 Å². The van der Waals surface area contributed by atoms with Crippen LogP contribution in [0.4, 0.5) is 5.82 Å². The molecule has 3 heterocycles. The first-order valence-electron chi connectivity index (χ1n) is 6.25. The quantitative estimate of drug-likeness (QED) is 0.864. The molecule has 0 bridgehead atoms. The molecule has 4 nitrogen and oxygen atoms in total. The lowest BCUT2D eigenvalue weighted by atomic mass is 10.1. The highest BCUT2D eigenvalue weighted by atomic mass is 15.2. The van der Waals surface area contributed by atoms with E-state index in [2.05, 4.69) is 32.3 Å². The van der Waals surface area contributed by atoms with E-state index < -0.39 is 0 Å². The molecule has 1 aliphatic heterocycles. The van der Waals surface area contributed by atoms with Crippen LogP contribution in [0.2, 0.25) is 0 Å². The first-order valence-corrected chi connectivity index (χ1v) is 6.25. The van der Waals surface area contributed by atoms with Gasteiger partial charge in [-0.1, -0.05) is 0 Å². The summed E-state index contributed by atoms with van der Waals surface area (Å²) in [5.41, 5.74) is 2.29. The first-order chi connectivity index (χ1) is 8.93. The minimum atomic E-state index is 1.03. The van der Waals surface area contributed by atoms with Crippen molar-refractivity contribution in [1.82, 2.24) is 15.3 Å². The van der Waals surface area contributed by atoms with Crippen molar-refractivity contribution in [3.8, 4) is 11.1 Å². The number of anilines is 1. The fourth-order valence-corrected chi connectivity index (χ4v) is 2.18. The van der Waals surface area contributed by atoms with E-state index in [0.717, 1.165) is 43.1 Å². The monoisotopic (exact) mass is 240 g/mol. The molecular formula is C14H16N4. The predicted molar refractivity (Wildman–Crippen MR) is 72.6 cm³/mol. The van der Waals surface area contributed by atoms with Gasteiger partial charge in [0.2, 0.25) is 0 Å². The highest BCUT2D eigenvalue weighted by molar-refractivity contribution is 5.63. The van der Waals surface area contributed by atoms with Gasteiger partial charge in [0.15, 0.2) is 0 Å². The summed E-state index contributed by atoms with van der Waals surface area (Å²) in [5.74, 6) is 1.06. The summed E-state index contributed by atoms with van der Waals surface area (Å²) in [6.07, 6.45) is 5.55. The van der Waals surface area contributed by atoms with Crippen molar-refractivity contribution in [2.45, 2.75) is 0 Å². The Labute approximate surface area is 107 Å².